The molecule has 2 rings (SSSR count). The van der Waals surface area contributed by atoms with Gasteiger partial charge in [-0.25, -0.2) is 0 Å². The minimum absolute atomic E-state index is 0.332. The summed E-state index contributed by atoms with van der Waals surface area (Å²) in [5, 5.41) is 0. The summed E-state index contributed by atoms with van der Waals surface area (Å²) in [5.74, 6) is -1.12. The molecule has 1 aliphatic rings. The van der Waals surface area contributed by atoms with Gasteiger partial charge >= 0.3 is 6.18 Å². The summed E-state index contributed by atoms with van der Waals surface area (Å²) >= 11 is 0. The van der Waals surface area contributed by atoms with Gasteiger partial charge in [-0.1, -0.05) is 0 Å². The first-order valence-electron chi connectivity index (χ1n) is 6.64. The van der Waals surface area contributed by atoms with E-state index in [0.717, 1.165) is 24.6 Å². The van der Waals surface area contributed by atoms with Gasteiger partial charge in [-0.2, -0.15) is 13.2 Å². The number of aromatic nitrogens is 1. The first-order chi connectivity index (χ1) is 9.86. The molecular formula is C14H15F3N2O2. The number of halogens is 3. The minimum Gasteiger partial charge on any atom is -0.334 e. The van der Waals surface area contributed by atoms with Gasteiger partial charge in [-0.3, -0.25) is 9.78 Å². The lowest BCUT2D eigenvalue weighted by Crippen LogP contribution is -2.48. The fraction of sp³-hybridized carbons (Fsp3) is 0.500. The zero-order valence-corrected chi connectivity index (χ0v) is 11.4. The summed E-state index contributed by atoms with van der Waals surface area (Å²) in [4.78, 5) is 28.3. The van der Waals surface area contributed by atoms with E-state index in [1.165, 1.54) is 4.90 Å². The third-order valence-electron chi connectivity index (χ3n) is 3.80. The fourth-order valence-electron chi connectivity index (χ4n) is 2.58. The lowest BCUT2D eigenvalue weighted by Gasteiger charge is -2.37. The highest BCUT2D eigenvalue weighted by molar-refractivity contribution is 5.94. The second-order valence-electron chi connectivity index (χ2n) is 5.08. The number of carbonyl (C=O) groups is 2. The minimum atomic E-state index is -4.64. The van der Waals surface area contributed by atoms with Crippen molar-refractivity contribution in [3.8, 4) is 0 Å². The van der Waals surface area contributed by atoms with Crippen LogP contribution in [0.25, 0.3) is 0 Å². The molecule has 1 saturated heterocycles. The van der Waals surface area contributed by atoms with Crippen LogP contribution in [0.5, 0.6) is 0 Å². The first-order valence-corrected chi connectivity index (χ1v) is 6.64. The number of piperidine rings is 1. The van der Waals surface area contributed by atoms with Crippen molar-refractivity contribution in [2.45, 2.75) is 32.0 Å². The van der Waals surface area contributed by atoms with E-state index in [-0.39, 0.29) is 5.92 Å². The average Bonchev–Trinajstić information content (AvgIpc) is 2.46. The van der Waals surface area contributed by atoms with Gasteiger partial charge in [0.25, 0.3) is 5.91 Å². The summed E-state index contributed by atoms with van der Waals surface area (Å²) in [5.41, 5.74) is -1.65. The number of rotatable bonds is 2. The Morgan fingerprint density at radius 1 is 1.48 bits per heavy atom. The monoisotopic (exact) mass is 300 g/mol. The third-order valence-corrected chi connectivity index (χ3v) is 3.80. The van der Waals surface area contributed by atoms with E-state index in [4.69, 9.17) is 0 Å². The van der Waals surface area contributed by atoms with Gasteiger partial charge in [-0.05, 0) is 31.9 Å². The van der Waals surface area contributed by atoms with Crippen LogP contribution in [0.4, 0.5) is 13.2 Å². The van der Waals surface area contributed by atoms with E-state index in [0.29, 0.717) is 19.4 Å². The number of alkyl halides is 3. The SMILES string of the molecule is CC1[C@H](C=O)CCCN1C(=O)c1ncccc1C(F)(F)F. The van der Waals surface area contributed by atoms with Crippen LogP contribution in [0, 0.1) is 5.92 Å². The summed E-state index contributed by atoms with van der Waals surface area (Å²) in [6.07, 6.45) is -1.49. The molecular weight excluding hydrogens is 285 g/mol. The molecule has 0 aromatic carbocycles. The smallest absolute Gasteiger partial charge is 0.334 e. The highest BCUT2D eigenvalue weighted by Crippen LogP contribution is 2.32. The molecule has 0 radical (unpaired) electrons. The van der Waals surface area contributed by atoms with Crippen molar-refractivity contribution >= 4 is 12.2 Å². The number of hydrogen-bond donors (Lipinski definition) is 0. The van der Waals surface area contributed by atoms with Gasteiger partial charge in [0.1, 0.15) is 12.0 Å². The maximum Gasteiger partial charge on any atom is 0.418 e. The molecule has 0 spiro atoms. The standard InChI is InChI=1S/C14H15F3N2O2/c1-9-10(8-20)4-3-7-19(9)13(21)12-11(14(15,16)17)5-2-6-18-12/h2,5-6,8-10H,3-4,7H2,1H3/t9?,10-/m0/s1. The lowest BCUT2D eigenvalue weighted by atomic mass is 9.91. The molecule has 0 bridgehead atoms. The highest BCUT2D eigenvalue weighted by atomic mass is 19.4. The van der Waals surface area contributed by atoms with Crippen molar-refractivity contribution in [2.75, 3.05) is 6.54 Å². The largest absolute Gasteiger partial charge is 0.418 e. The average molecular weight is 300 g/mol. The Morgan fingerprint density at radius 2 is 2.19 bits per heavy atom. The van der Waals surface area contributed by atoms with Crippen molar-refractivity contribution in [1.29, 1.82) is 0 Å². The Bertz CT molecular complexity index is 545. The number of carbonyl (C=O) groups excluding carboxylic acids is 2. The summed E-state index contributed by atoms with van der Waals surface area (Å²) in [7, 11) is 0. The van der Waals surface area contributed by atoms with E-state index in [1.807, 2.05) is 0 Å². The van der Waals surface area contributed by atoms with Crippen LogP contribution in [0.15, 0.2) is 18.3 Å². The zero-order chi connectivity index (χ0) is 15.6. The highest BCUT2D eigenvalue weighted by Gasteiger charge is 2.39. The van der Waals surface area contributed by atoms with Gasteiger partial charge in [0.2, 0.25) is 0 Å². The molecule has 1 amide bonds. The Balaban J connectivity index is 2.34. The summed E-state index contributed by atoms with van der Waals surface area (Å²) in [6, 6.07) is 1.56. The molecule has 7 heteroatoms. The molecule has 4 nitrogen and oxygen atoms in total. The molecule has 0 N–H and O–H groups in total. The predicted octanol–water partition coefficient (Wildman–Crippen LogP) is 2.54. The molecule has 114 valence electrons. The van der Waals surface area contributed by atoms with Gasteiger partial charge in [0.15, 0.2) is 0 Å². The predicted molar refractivity (Wildman–Crippen MR) is 68.5 cm³/mol. The molecule has 1 unspecified atom stereocenters. The van der Waals surface area contributed by atoms with E-state index in [1.54, 1.807) is 6.92 Å². The fourth-order valence-corrected chi connectivity index (χ4v) is 2.58. The van der Waals surface area contributed by atoms with Crippen LogP contribution in [-0.4, -0.2) is 34.7 Å². The maximum atomic E-state index is 12.9. The van der Waals surface area contributed by atoms with Crippen LogP contribution in [0.3, 0.4) is 0 Å². The normalized spacial score (nSPS) is 23.0. The van der Waals surface area contributed by atoms with Crippen LogP contribution in [0.2, 0.25) is 0 Å². The number of hydrogen-bond acceptors (Lipinski definition) is 3. The van der Waals surface area contributed by atoms with E-state index < -0.39 is 29.4 Å². The molecule has 2 atom stereocenters. The van der Waals surface area contributed by atoms with Crippen LogP contribution in [0.1, 0.15) is 35.8 Å². The Labute approximate surface area is 120 Å². The Morgan fingerprint density at radius 3 is 2.81 bits per heavy atom. The third kappa shape index (κ3) is 3.06. The van der Waals surface area contributed by atoms with Crippen LogP contribution < -0.4 is 0 Å². The first kappa shape index (κ1) is 15.5. The van der Waals surface area contributed by atoms with Gasteiger partial charge < -0.3 is 9.69 Å². The van der Waals surface area contributed by atoms with Crippen molar-refractivity contribution in [3.05, 3.63) is 29.6 Å². The molecule has 0 aliphatic carbocycles. The maximum absolute atomic E-state index is 12.9. The van der Waals surface area contributed by atoms with Gasteiger partial charge in [-0.15, -0.1) is 0 Å². The number of amides is 1. The number of aldehydes is 1. The second-order valence-corrected chi connectivity index (χ2v) is 5.08. The van der Waals surface area contributed by atoms with Crippen LogP contribution >= 0.6 is 0 Å². The molecule has 0 saturated carbocycles. The molecule has 21 heavy (non-hydrogen) atoms. The van der Waals surface area contributed by atoms with E-state index >= 15 is 0 Å². The number of nitrogens with zero attached hydrogens (tertiary/aromatic N) is 2. The van der Waals surface area contributed by atoms with Crippen molar-refractivity contribution in [1.82, 2.24) is 9.88 Å². The van der Waals surface area contributed by atoms with Crippen molar-refractivity contribution in [2.24, 2.45) is 5.92 Å². The summed E-state index contributed by atoms with van der Waals surface area (Å²) < 4.78 is 38.8. The van der Waals surface area contributed by atoms with E-state index in [9.17, 15) is 22.8 Å². The van der Waals surface area contributed by atoms with Crippen molar-refractivity contribution in [3.63, 3.8) is 0 Å². The zero-order valence-electron chi connectivity index (χ0n) is 11.4. The second kappa shape index (κ2) is 5.83. The number of pyridine rings is 1. The van der Waals surface area contributed by atoms with E-state index in [2.05, 4.69) is 4.98 Å². The molecule has 1 fully saturated rings. The lowest BCUT2D eigenvalue weighted by molar-refractivity contribution is -0.138. The quantitative estimate of drug-likeness (QED) is 0.789. The molecule has 1 aromatic heterocycles. The van der Waals surface area contributed by atoms with Gasteiger partial charge in [0.05, 0.1) is 5.56 Å². The molecule has 1 aliphatic heterocycles. The summed E-state index contributed by atoms with van der Waals surface area (Å²) in [6.45, 7) is 2.00. The molecule has 2 heterocycles. The topological polar surface area (TPSA) is 50.3 Å². The van der Waals surface area contributed by atoms with Gasteiger partial charge in [0, 0.05) is 24.7 Å². The molecule has 1 aromatic rings. The van der Waals surface area contributed by atoms with Crippen LogP contribution in [-0.2, 0) is 11.0 Å². The van der Waals surface area contributed by atoms with Crippen molar-refractivity contribution < 1.29 is 22.8 Å². The Kier molecular flexibility index (Phi) is 4.29. The number of likely N-dealkylation sites (tertiary alicyclic amines) is 1. The Hall–Kier alpha value is -1.92.